The molecule has 9 heteroatoms. The van der Waals surface area contributed by atoms with E-state index in [1.807, 2.05) is 0 Å². The van der Waals surface area contributed by atoms with Crippen molar-refractivity contribution in [1.29, 1.82) is 0 Å². The Morgan fingerprint density at radius 3 is 3.22 bits per heavy atom. The zero-order chi connectivity index (χ0) is 15.6. The van der Waals surface area contributed by atoms with Crippen LogP contribution in [-0.4, -0.2) is 50.4 Å². The molecule has 3 aromatic heterocycles. The van der Waals surface area contributed by atoms with Crippen LogP contribution in [0.3, 0.4) is 0 Å². The summed E-state index contributed by atoms with van der Waals surface area (Å²) < 4.78 is 7.08. The number of H-pyrrole nitrogens is 1. The number of imidazole rings is 1. The molecule has 4 heterocycles. The number of hydrogen-bond donors (Lipinski definition) is 3. The van der Waals surface area contributed by atoms with Gasteiger partial charge >= 0.3 is 0 Å². The first-order valence-electron chi connectivity index (χ1n) is 7.27. The van der Waals surface area contributed by atoms with Crippen LogP contribution < -0.4 is 10.6 Å². The van der Waals surface area contributed by atoms with E-state index in [2.05, 4.69) is 30.7 Å². The molecular formula is C14H15N7O2. The molecule has 0 bridgehead atoms. The molecular weight excluding hydrogens is 298 g/mol. The maximum atomic E-state index is 12.3. The Morgan fingerprint density at radius 1 is 1.43 bits per heavy atom. The molecule has 0 aliphatic carbocycles. The topological polar surface area (TPSA) is 110 Å². The number of nitrogens with zero attached hydrogens (tertiary/aromatic N) is 4. The van der Waals surface area contributed by atoms with Gasteiger partial charge in [0.05, 0.1) is 30.4 Å². The lowest BCUT2D eigenvalue weighted by Crippen LogP contribution is -2.38. The summed E-state index contributed by atoms with van der Waals surface area (Å²) >= 11 is 0. The van der Waals surface area contributed by atoms with Gasteiger partial charge in [0.15, 0.2) is 5.69 Å². The van der Waals surface area contributed by atoms with E-state index in [9.17, 15) is 4.79 Å². The van der Waals surface area contributed by atoms with E-state index in [0.717, 1.165) is 17.6 Å². The normalized spacial score (nSPS) is 18.2. The molecule has 0 spiro atoms. The molecule has 0 radical (unpaired) electrons. The van der Waals surface area contributed by atoms with Gasteiger partial charge in [0, 0.05) is 18.9 Å². The van der Waals surface area contributed by atoms with E-state index < -0.39 is 0 Å². The number of pyridine rings is 1. The Balaban J connectivity index is 1.49. The van der Waals surface area contributed by atoms with E-state index >= 15 is 0 Å². The van der Waals surface area contributed by atoms with Crippen molar-refractivity contribution in [2.45, 2.75) is 6.17 Å². The van der Waals surface area contributed by atoms with Gasteiger partial charge in [0.2, 0.25) is 5.95 Å². The third-order valence-corrected chi connectivity index (χ3v) is 3.58. The zero-order valence-corrected chi connectivity index (χ0v) is 12.2. The Labute approximate surface area is 131 Å². The van der Waals surface area contributed by atoms with Crippen LogP contribution in [0, 0.1) is 0 Å². The molecule has 1 atom stereocenters. The Bertz CT molecular complexity index is 801. The second-order valence-electron chi connectivity index (χ2n) is 5.16. The fraction of sp³-hybridized carbons (Fsp3) is 0.286. The van der Waals surface area contributed by atoms with Crippen molar-refractivity contribution in [1.82, 2.24) is 30.0 Å². The van der Waals surface area contributed by atoms with Gasteiger partial charge in [-0.05, 0) is 12.1 Å². The highest BCUT2D eigenvalue weighted by molar-refractivity contribution is 6.02. The summed E-state index contributed by atoms with van der Waals surface area (Å²) in [5.41, 5.74) is 1.82. The number of aromatic amines is 1. The number of anilines is 1. The highest BCUT2D eigenvalue weighted by Crippen LogP contribution is 2.13. The van der Waals surface area contributed by atoms with E-state index in [1.165, 1.54) is 0 Å². The smallest absolute Gasteiger partial charge is 0.278 e. The number of ether oxygens (including phenoxy) is 1. The number of carbonyl (C=O) groups excluding carboxylic acids is 1. The number of hydrogen-bond acceptors (Lipinski definition) is 6. The average molecular weight is 313 g/mol. The number of aromatic nitrogens is 5. The SMILES string of the molecule is O=C(Nc1nc2ccncc2[nH]1)c1ccn(C2COCCN2)n1. The minimum Gasteiger partial charge on any atom is -0.377 e. The molecule has 1 fully saturated rings. The van der Waals surface area contributed by atoms with Crippen LogP contribution in [0.5, 0.6) is 0 Å². The van der Waals surface area contributed by atoms with Crippen molar-refractivity contribution >= 4 is 22.9 Å². The molecule has 3 aromatic rings. The van der Waals surface area contributed by atoms with Gasteiger partial charge in [-0.1, -0.05) is 0 Å². The van der Waals surface area contributed by atoms with Crippen LogP contribution in [0.25, 0.3) is 11.0 Å². The largest absolute Gasteiger partial charge is 0.377 e. The van der Waals surface area contributed by atoms with Gasteiger partial charge in [-0.3, -0.25) is 25.1 Å². The third-order valence-electron chi connectivity index (χ3n) is 3.58. The highest BCUT2D eigenvalue weighted by atomic mass is 16.5. The van der Waals surface area contributed by atoms with Gasteiger partial charge in [0.1, 0.15) is 6.17 Å². The van der Waals surface area contributed by atoms with Gasteiger partial charge in [0.25, 0.3) is 5.91 Å². The zero-order valence-electron chi connectivity index (χ0n) is 12.2. The maximum absolute atomic E-state index is 12.3. The Hall–Kier alpha value is -2.78. The third kappa shape index (κ3) is 2.79. The van der Waals surface area contributed by atoms with Gasteiger partial charge in [-0.15, -0.1) is 0 Å². The van der Waals surface area contributed by atoms with Gasteiger partial charge in [-0.2, -0.15) is 5.10 Å². The van der Waals surface area contributed by atoms with E-state index in [4.69, 9.17) is 4.74 Å². The van der Waals surface area contributed by atoms with Crippen molar-refractivity contribution in [2.24, 2.45) is 0 Å². The van der Waals surface area contributed by atoms with Crippen molar-refractivity contribution in [3.05, 3.63) is 36.4 Å². The first-order valence-corrected chi connectivity index (χ1v) is 7.27. The maximum Gasteiger partial charge on any atom is 0.278 e. The molecule has 0 saturated carbocycles. The van der Waals surface area contributed by atoms with Crippen molar-refractivity contribution in [2.75, 3.05) is 25.1 Å². The molecule has 9 nitrogen and oxygen atoms in total. The highest BCUT2D eigenvalue weighted by Gasteiger charge is 2.18. The molecule has 1 saturated heterocycles. The molecule has 0 aromatic carbocycles. The summed E-state index contributed by atoms with van der Waals surface area (Å²) in [7, 11) is 0. The fourth-order valence-corrected chi connectivity index (χ4v) is 2.44. The van der Waals surface area contributed by atoms with Crippen LogP contribution in [-0.2, 0) is 4.74 Å². The summed E-state index contributed by atoms with van der Waals surface area (Å²) in [5.74, 6) is 0.0409. The van der Waals surface area contributed by atoms with Crippen molar-refractivity contribution in [3.63, 3.8) is 0 Å². The number of amides is 1. The average Bonchev–Trinajstić information content (AvgIpc) is 3.22. The first-order chi connectivity index (χ1) is 11.3. The summed E-state index contributed by atoms with van der Waals surface area (Å²) in [4.78, 5) is 23.5. The summed E-state index contributed by atoms with van der Waals surface area (Å²) in [6.07, 6.45) is 5.00. The lowest BCUT2D eigenvalue weighted by atomic mass is 10.4. The number of nitrogens with one attached hydrogen (secondary N) is 3. The fourth-order valence-electron chi connectivity index (χ4n) is 2.44. The number of rotatable bonds is 3. The minimum atomic E-state index is -0.326. The molecule has 23 heavy (non-hydrogen) atoms. The van der Waals surface area contributed by atoms with Crippen LogP contribution >= 0.6 is 0 Å². The second kappa shape index (κ2) is 5.78. The van der Waals surface area contributed by atoms with Crippen LogP contribution in [0.15, 0.2) is 30.7 Å². The second-order valence-corrected chi connectivity index (χ2v) is 5.16. The molecule has 1 aliphatic heterocycles. The van der Waals surface area contributed by atoms with Crippen molar-refractivity contribution in [3.8, 4) is 0 Å². The van der Waals surface area contributed by atoms with Crippen LogP contribution in [0.2, 0.25) is 0 Å². The lowest BCUT2D eigenvalue weighted by molar-refractivity contribution is 0.0483. The van der Waals surface area contributed by atoms with E-state index in [1.54, 1.807) is 35.4 Å². The molecule has 1 unspecified atom stereocenters. The predicted octanol–water partition coefficient (Wildman–Crippen LogP) is 0.525. The van der Waals surface area contributed by atoms with E-state index in [-0.39, 0.29) is 12.1 Å². The molecule has 1 amide bonds. The molecule has 4 rings (SSSR count). The Kier molecular flexibility index (Phi) is 3.48. The van der Waals surface area contributed by atoms with Crippen molar-refractivity contribution < 1.29 is 9.53 Å². The van der Waals surface area contributed by atoms with Gasteiger partial charge in [-0.25, -0.2) is 4.98 Å². The quantitative estimate of drug-likeness (QED) is 0.650. The summed E-state index contributed by atoms with van der Waals surface area (Å²) in [5, 5.41) is 10.3. The number of carbonyl (C=O) groups is 1. The number of fused-ring (bicyclic) bond motifs is 1. The summed E-state index contributed by atoms with van der Waals surface area (Å²) in [6.45, 7) is 1.98. The number of morpholine rings is 1. The molecule has 3 N–H and O–H groups in total. The Morgan fingerprint density at radius 2 is 2.39 bits per heavy atom. The lowest BCUT2D eigenvalue weighted by Gasteiger charge is -2.23. The monoisotopic (exact) mass is 313 g/mol. The first kappa shape index (κ1) is 13.9. The van der Waals surface area contributed by atoms with Crippen LogP contribution in [0.4, 0.5) is 5.95 Å². The van der Waals surface area contributed by atoms with Crippen LogP contribution in [0.1, 0.15) is 16.7 Å². The molecule has 1 aliphatic rings. The van der Waals surface area contributed by atoms with Gasteiger partial charge < -0.3 is 9.72 Å². The minimum absolute atomic E-state index is 0.0532. The van der Waals surface area contributed by atoms with E-state index in [0.29, 0.717) is 24.9 Å². The predicted molar refractivity (Wildman–Crippen MR) is 81.9 cm³/mol. The molecule has 118 valence electrons. The summed E-state index contributed by atoms with van der Waals surface area (Å²) in [6, 6.07) is 3.43. The standard InChI is InChI=1S/C14H15N7O2/c22-13(19-14-17-9-1-3-15-7-11(9)18-14)10-2-5-21(20-10)12-8-23-6-4-16-12/h1-3,5,7,12,16H,4,6,8H2,(H2,17,18,19,22).